The monoisotopic (exact) mass is 364 g/mol. The van der Waals surface area contributed by atoms with Crippen LogP contribution in [0, 0.1) is 5.82 Å². The van der Waals surface area contributed by atoms with Crippen LogP contribution in [0.2, 0.25) is 0 Å². The Morgan fingerprint density at radius 2 is 1.96 bits per heavy atom. The van der Waals surface area contributed by atoms with E-state index in [9.17, 15) is 14.0 Å². The van der Waals surface area contributed by atoms with Crippen LogP contribution in [-0.4, -0.2) is 29.8 Å². The molecule has 26 heavy (non-hydrogen) atoms. The minimum Gasteiger partial charge on any atom is -0.383 e. The van der Waals surface area contributed by atoms with E-state index in [0.717, 1.165) is 18.4 Å². The van der Waals surface area contributed by atoms with Crippen molar-refractivity contribution in [2.45, 2.75) is 32.9 Å². The van der Waals surface area contributed by atoms with Crippen molar-refractivity contribution >= 4 is 11.5 Å². The van der Waals surface area contributed by atoms with Crippen LogP contribution in [0.1, 0.15) is 25.3 Å². The Hall–Kier alpha value is -2.61. The molecule has 8 heteroatoms. The number of halogens is 1. The van der Waals surface area contributed by atoms with Gasteiger partial charge in [-0.3, -0.25) is 14.3 Å². The molecule has 0 bridgehead atoms. The maximum absolute atomic E-state index is 13.1. The fourth-order valence-electron chi connectivity index (χ4n) is 2.70. The lowest BCUT2D eigenvalue weighted by Gasteiger charge is -2.26. The molecule has 2 aromatic rings. The molecule has 0 aliphatic heterocycles. The zero-order valence-corrected chi connectivity index (χ0v) is 15.1. The Bertz CT molecular complexity index is 830. The second kappa shape index (κ2) is 9.19. The van der Waals surface area contributed by atoms with Gasteiger partial charge in [0, 0.05) is 26.7 Å². The molecule has 142 valence electrons. The number of benzene rings is 1. The van der Waals surface area contributed by atoms with Crippen LogP contribution in [0.15, 0.2) is 33.9 Å². The van der Waals surface area contributed by atoms with Gasteiger partial charge < -0.3 is 15.4 Å². The van der Waals surface area contributed by atoms with Crippen LogP contribution < -0.4 is 21.9 Å². The molecule has 0 unspecified atom stereocenters. The molecule has 7 nitrogen and oxygen atoms in total. The van der Waals surface area contributed by atoms with Gasteiger partial charge in [-0.1, -0.05) is 25.5 Å². The molecule has 0 aliphatic carbocycles. The van der Waals surface area contributed by atoms with Crippen molar-refractivity contribution in [3.63, 3.8) is 0 Å². The van der Waals surface area contributed by atoms with E-state index >= 15 is 0 Å². The fraction of sp³-hybridized carbons (Fsp3) is 0.444. The highest BCUT2D eigenvalue weighted by Gasteiger charge is 2.19. The molecular weight excluding hydrogens is 339 g/mol. The Morgan fingerprint density at radius 1 is 1.27 bits per heavy atom. The third-order valence-electron chi connectivity index (χ3n) is 4.12. The van der Waals surface area contributed by atoms with E-state index in [0.29, 0.717) is 26.2 Å². The summed E-state index contributed by atoms with van der Waals surface area (Å²) in [4.78, 5) is 28.6. The van der Waals surface area contributed by atoms with Gasteiger partial charge in [0.05, 0.1) is 6.61 Å². The standard InChI is InChI=1S/C18H25FN4O3/c1-3-4-9-23-16(20)15(17(24)21-18(23)25)22(10-11-26-2)12-13-5-7-14(19)8-6-13/h5-8H,3-4,9-12,20H2,1-2H3,(H,21,24,25). The number of nitrogens with one attached hydrogen (secondary N) is 1. The SMILES string of the molecule is CCCCn1c(N)c(N(CCOC)Cc2ccc(F)cc2)c(=O)[nH]c1=O. The molecule has 2 rings (SSSR count). The maximum atomic E-state index is 13.1. The topological polar surface area (TPSA) is 93.3 Å². The van der Waals surface area contributed by atoms with Crippen LogP contribution in [0.3, 0.4) is 0 Å². The molecule has 1 aromatic carbocycles. The van der Waals surface area contributed by atoms with Gasteiger partial charge in [0.15, 0.2) is 0 Å². The minimum atomic E-state index is -0.543. The van der Waals surface area contributed by atoms with Crippen LogP contribution in [0.5, 0.6) is 0 Å². The first-order chi connectivity index (χ1) is 12.5. The summed E-state index contributed by atoms with van der Waals surface area (Å²) >= 11 is 0. The van der Waals surface area contributed by atoms with Gasteiger partial charge in [0.2, 0.25) is 0 Å². The Morgan fingerprint density at radius 3 is 2.58 bits per heavy atom. The van der Waals surface area contributed by atoms with Crippen LogP contribution in [0.4, 0.5) is 15.9 Å². The van der Waals surface area contributed by atoms with Gasteiger partial charge in [-0.05, 0) is 24.1 Å². The van der Waals surface area contributed by atoms with E-state index in [1.54, 1.807) is 24.1 Å². The highest BCUT2D eigenvalue weighted by Crippen LogP contribution is 2.19. The van der Waals surface area contributed by atoms with Crippen LogP contribution in [0.25, 0.3) is 0 Å². The third-order valence-corrected chi connectivity index (χ3v) is 4.12. The quantitative estimate of drug-likeness (QED) is 0.707. The van der Waals surface area contributed by atoms with Crippen molar-refractivity contribution in [1.29, 1.82) is 0 Å². The molecule has 3 N–H and O–H groups in total. The van der Waals surface area contributed by atoms with Crippen molar-refractivity contribution in [3.05, 3.63) is 56.5 Å². The first kappa shape index (κ1) is 19.7. The summed E-state index contributed by atoms with van der Waals surface area (Å²) in [6.07, 6.45) is 1.66. The Labute approximate surface area is 151 Å². The van der Waals surface area contributed by atoms with E-state index < -0.39 is 11.2 Å². The lowest BCUT2D eigenvalue weighted by Crippen LogP contribution is -2.39. The summed E-state index contributed by atoms with van der Waals surface area (Å²) in [5.74, 6) is -0.201. The molecule has 1 heterocycles. The zero-order chi connectivity index (χ0) is 19.1. The Balaban J connectivity index is 2.44. The fourth-order valence-corrected chi connectivity index (χ4v) is 2.70. The molecular formula is C18H25FN4O3. The average Bonchev–Trinajstić information content (AvgIpc) is 2.61. The molecule has 0 fully saturated rings. The number of aromatic amines is 1. The number of methoxy groups -OCH3 is 1. The number of hydrogen-bond donors (Lipinski definition) is 2. The molecule has 0 spiro atoms. The van der Waals surface area contributed by atoms with Crippen molar-refractivity contribution in [2.24, 2.45) is 0 Å². The van der Waals surface area contributed by atoms with Gasteiger partial charge in [-0.2, -0.15) is 0 Å². The molecule has 0 aliphatic rings. The number of unbranched alkanes of at least 4 members (excludes halogenated alkanes) is 1. The summed E-state index contributed by atoms with van der Waals surface area (Å²) in [6.45, 7) is 3.54. The molecule has 0 amide bonds. The number of anilines is 2. The van der Waals surface area contributed by atoms with E-state index in [4.69, 9.17) is 10.5 Å². The highest BCUT2D eigenvalue weighted by atomic mass is 19.1. The smallest absolute Gasteiger partial charge is 0.330 e. The van der Waals surface area contributed by atoms with Gasteiger partial charge in [-0.15, -0.1) is 0 Å². The molecule has 0 radical (unpaired) electrons. The zero-order valence-electron chi connectivity index (χ0n) is 15.1. The second-order valence-corrected chi connectivity index (χ2v) is 6.04. The van der Waals surface area contributed by atoms with Crippen molar-refractivity contribution < 1.29 is 9.13 Å². The second-order valence-electron chi connectivity index (χ2n) is 6.04. The summed E-state index contributed by atoms with van der Waals surface area (Å²) in [5.41, 5.74) is 6.15. The number of hydrogen-bond acceptors (Lipinski definition) is 5. The summed E-state index contributed by atoms with van der Waals surface area (Å²) < 4.78 is 19.7. The van der Waals surface area contributed by atoms with E-state index in [1.165, 1.54) is 16.7 Å². The summed E-state index contributed by atoms with van der Waals surface area (Å²) in [7, 11) is 1.56. The number of rotatable bonds is 9. The largest absolute Gasteiger partial charge is 0.383 e. The normalized spacial score (nSPS) is 10.9. The van der Waals surface area contributed by atoms with Gasteiger partial charge >= 0.3 is 5.69 Å². The lowest BCUT2D eigenvalue weighted by atomic mass is 10.2. The van der Waals surface area contributed by atoms with Crippen molar-refractivity contribution in [2.75, 3.05) is 30.9 Å². The average molecular weight is 364 g/mol. The molecule has 0 saturated heterocycles. The lowest BCUT2D eigenvalue weighted by molar-refractivity contribution is 0.205. The minimum absolute atomic E-state index is 0.130. The number of nitrogens with zero attached hydrogens (tertiary/aromatic N) is 2. The van der Waals surface area contributed by atoms with E-state index in [-0.39, 0.29) is 17.3 Å². The predicted octanol–water partition coefficient (Wildman–Crippen LogP) is 1.71. The molecule has 1 aromatic heterocycles. The van der Waals surface area contributed by atoms with E-state index in [2.05, 4.69) is 4.98 Å². The first-order valence-electron chi connectivity index (χ1n) is 8.58. The first-order valence-corrected chi connectivity index (χ1v) is 8.58. The summed E-state index contributed by atoms with van der Waals surface area (Å²) in [5, 5.41) is 0. The van der Waals surface area contributed by atoms with Gasteiger partial charge in [-0.25, -0.2) is 9.18 Å². The molecule has 0 saturated carbocycles. The highest BCUT2D eigenvalue weighted by molar-refractivity contribution is 5.62. The van der Waals surface area contributed by atoms with Gasteiger partial charge in [0.1, 0.15) is 17.3 Å². The van der Waals surface area contributed by atoms with Crippen molar-refractivity contribution in [1.82, 2.24) is 9.55 Å². The van der Waals surface area contributed by atoms with E-state index in [1.807, 2.05) is 6.92 Å². The number of aromatic nitrogens is 2. The van der Waals surface area contributed by atoms with Gasteiger partial charge in [0.25, 0.3) is 5.56 Å². The maximum Gasteiger partial charge on any atom is 0.330 e. The summed E-state index contributed by atoms with van der Waals surface area (Å²) in [6, 6.07) is 6.01. The van der Waals surface area contributed by atoms with Crippen LogP contribution in [-0.2, 0) is 17.8 Å². The Kier molecular flexibility index (Phi) is 6.97. The number of nitrogens with two attached hydrogens (primary N) is 1. The number of ether oxygens (including phenoxy) is 1. The number of nitrogen functional groups attached to an aromatic ring is 1. The number of H-pyrrole nitrogens is 1. The predicted molar refractivity (Wildman–Crippen MR) is 100.0 cm³/mol. The van der Waals surface area contributed by atoms with Crippen molar-refractivity contribution in [3.8, 4) is 0 Å². The third kappa shape index (κ3) is 4.72. The molecule has 0 atom stereocenters. The van der Waals surface area contributed by atoms with Crippen LogP contribution >= 0.6 is 0 Å².